The number of halogens is 1. The molecule has 0 saturated heterocycles. The van der Waals surface area contributed by atoms with Gasteiger partial charge in [-0.15, -0.1) is 0 Å². The summed E-state index contributed by atoms with van der Waals surface area (Å²) >= 11 is 3.49. The molecule has 3 heterocycles. The minimum Gasteiger partial charge on any atom is -0.369 e. The summed E-state index contributed by atoms with van der Waals surface area (Å²) in [5.74, 6) is 1.15. The van der Waals surface area contributed by atoms with Crippen molar-refractivity contribution in [3.05, 3.63) is 46.5 Å². The molecule has 0 spiro atoms. The molecule has 0 fully saturated rings. The van der Waals surface area contributed by atoms with E-state index in [1.54, 1.807) is 0 Å². The molecule has 0 saturated carbocycles. The van der Waals surface area contributed by atoms with Crippen LogP contribution < -0.4 is 0 Å². The van der Waals surface area contributed by atoms with Crippen molar-refractivity contribution in [3.63, 3.8) is 0 Å². The fourth-order valence-electron chi connectivity index (χ4n) is 2.69. The van der Waals surface area contributed by atoms with Crippen LogP contribution in [0.3, 0.4) is 0 Å². The van der Waals surface area contributed by atoms with Gasteiger partial charge in [-0.25, -0.2) is 9.97 Å². The Balaban J connectivity index is 1.71. The fourth-order valence-corrected chi connectivity index (χ4v) is 3.01. The highest BCUT2D eigenvalue weighted by Crippen LogP contribution is 2.23. The van der Waals surface area contributed by atoms with E-state index in [1.807, 2.05) is 6.20 Å². The second kappa shape index (κ2) is 4.20. The largest absolute Gasteiger partial charge is 0.369 e. The molecule has 4 rings (SSSR count). The first-order chi connectivity index (χ1) is 9.31. The zero-order chi connectivity index (χ0) is 12.8. The van der Waals surface area contributed by atoms with E-state index in [-0.39, 0.29) is 0 Å². The van der Waals surface area contributed by atoms with Crippen molar-refractivity contribution in [1.29, 1.82) is 0 Å². The van der Waals surface area contributed by atoms with Gasteiger partial charge in [-0.05, 0) is 34.1 Å². The third-order valence-corrected chi connectivity index (χ3v) is 4.18. The number of imidazole rings is 1. The minimum absolute atomic E-state index is 0.856. The van der Waals surface area contributed by atoms with E-state index in [9.17, 15) is 0 Å². The summed E-state index contributed by atoms with van der Waals surface area (Å²) in [7, 11) is 0. The van der Waals surface area contributed by atoms with Crippen LogP contribution in [0.2, 0.25) is 0 Å². The number of rotatable bonds is 1. The van der Waals surface area contributed by atoms with Crippen LogP contribution in [-0.4, -0.2) is 32.5 Å². The summed E-state index contributed by atoms with van der Waals surface area (Å²) in [6.45, 7) is 3.02. The van der Waals surface area contributed by atoms with E-state index < -0.39 is 0 Å². The predicted molar refractivity (Wildman–Crippen MR) is 77.7 cm³/mol. The first kappa shape index (κ1) is 11.2. The molecule has 5 heteroatoms. The Bertz CT molecular complexity index is 714. The summed E-state index contributed by atoms with van der Waals surface area (Å²) in [6, 6.07) is 2.11. The van der Waals surface area contributed by atoms with Gasteiger partial charge >= 0.3 is 0 Å². The highest BCUT2D eigenvalue weighted by atomic mass is 79.9. The molecule has 0 aromatic carbocycles. The van der Waals surface area contributed by atoms with Crippen molar-refractivity contribution in [2.45, 2.75) is 13.0 Å². The SMILES string of the molecule is Brc1cnc2nc3n(c2c1)CCN(C1=CC=C1)CC3. The maximum absolute atomic E-state index is 4.66. The summed E-state index contributed by atoms with van der Waals surface area (Å²) in [6.07, 6.45) is 9.22. The molecule has 0 unspecified atom stereocenters. The monoisotopic (exact) mass is 316 g/mol. The van der Waals surface area contributed by atoms with Crippen LogP contribution in [-0.2, 0) is 13.0 Å². The molecule has 1 aliphatic heterocycles. The molecule has 0 bridgehead atoms. The highest BCUT2D eigenvalue weighted by molar-refractivity contribution is 9.10. The molecular weight excluding hydrogens is 304 g/mol. The van der Waals surface area contributed by atoms with E-state index in [0.29, 0.717) is 0 Å². The lowest BCUT2D eigenvalue weighted by molar-refractivity contribution is 0.359. The number of nitrogens with zero attached hydrogens (tertiary/aromatic N) is 4. The lowest BCUT2D eigenvalue weighted by Crippen LogP contribution is -2.26. The smallest absolute Gasteiger partial charge is 0.177 e. The van der Waals surface area contributed by atoms with Gasteiger partial charge in [0, 0.05) is 42.4 Å². The Morgan fingerprint density at radius 1 is 1.21 bits per heavy atom. The molecule has 19 heavy (non-hydrogen) atoms. The van der Waals surface area contributed by atoms with E-state index in [4.69, 9.17) is 0 Å². The van der Waals surface area contributed by atoms with Gasteiger partial charge < -0.3 is 9.47 Å². The van der Waals surface area contributed by atoms with Crippen LogP contribution in [0.15, 0.2) is 40.7 Å². The lowest BCUT2D eigenvalue weighted by atomic mass is 10.2. The first-order valence-corrected chi connectivity index (χ1v) is 7.24. The molecule has 96 valence electrons. The molecule has 0 N–H and O–H groups in total. The molecule has 2 aliphatic rings. The van der Waals surface area contributed by atoms with E-state index >= 15 is 0 Å². The number of aromatic nitrogens is 3. The molecule has 0 amide bonds. The third-order valence-electron chi connectivity index (χ3n) is 3.75. The Morgan fingerprint density at radius 2 is 2.11 bits per heavy atom. The second-order valence-electron chi connectivity index (χ2n) is 4.86. The highest BCUT2D eigenvalue weighted by Gasteiger charge is 2.19. The molecule has 4 nitrogen and oxygen atoms in total. The van der Waals surface area contributed by atoms with Crippen LogP contribution in [0.25, 0.3) is 11.2 Å². The number of hydrogen-bond donors (Lipinski definition) is 0. The average molecular weight is 317 g/mol. The van der Waals surface area contributed by atoms with Crippen LogP contribution >= 0.6 is 15.9 Å². The van der Waals surface area contributed by atoms with Gasteiger partial charge in [0.15, 0.2) is 5.65 Å². The molecule has 0 radical (unpaired) electrons. The molecule has 0 atom stereocenters. The summed E-state index contributed by atoms with van der Waals surface area (Å²) in [4.78, 5) is 11.5. The van der Waals surface area contributed by atoms with Crippen molar-refractivity contribution < 1.29 is 0 Å². The van der Waals surface area contributed by atoms with Crippen molar-refractivity contribution in [2.75, 3.05) is 13.1 Å². The molecular formula is C14H13BrN4. The normalized spacial score (nSPS) is 17.9. The summed E-state index contributed by atoms with van der Waals surface area (Å²) < 4.78 is 3.31. The predicted octanol–water partition coefficient (Wildman–Crippen LogP) is 2.51. The van der Waals surface area contributed by atoms with E-state index in [0.717, 1.165) is 47.5 Å². The van der Waals surface area contributed by atoms with Gasteiger partial charge in [-0.1, -0.05) is 6.08 Å². The minimum atomic E-state index is 0.856. The van der Waals surface area contributed by atoms with Crippen LogP contribution in [0.5, 0.6) is 0 Å². The Labute approximate surface area is 119 Å². The lowest BCUT2D eigenvalue weighted by Gasteiger charge is -2.25. The summed E-state index contributed by atoms with van der Waals surface area (Å²) in [5.41, 5.74) is 3.33. The Kier molecular flexibility index (Phi) is 2.48. The second-order valence-corrected chi connectivity index (χ2v) is 5.78. The zero-order valence-corrected chi connectivity index (χ0v) is 12.0. The van der Waals surface area contributed by atoms with Gasteiger partial charge in [0.05, 0.1) is 5.52 Å². The third kappa shape index (κ3) is 1.80. The van der Waals surface area contributed by atoms with Crippen molar-refractivity contribution >= 4 is 27.1 Å². The number of pyridine rings is 1. The van der Waals surface area contributed by atoms with Crippen molar-refractivity contribution in [3.8, 4) is 0 Å². The number of fused-ring (bicyclic) bond motifs is 3. The van der Waals surface area contributed by atoms with Crippen LogP contribution in [0.4, 0.5) is 0 Å². The van der Waals surface area contributed by atoms with Gasteiger partial charge in [-0.2, -0.15) is 0 Å². The molecule has 1 aliphatic carbocycles. The van der Waals surface area contributed by atoms with Gasteiger partial charge in [0.1, 0.15) is 5.82 Å². The standard InChI is InChI=1S/C14H13BrN4/c15-10-8-12-14(16-9-10)17-13-4-5-18(6-7-19(12)13)11-2-1-3-11/h1-3,8-9H,4-7H2. The topological polar surface area (TPSA) is 34.0 Å². The van der Waals surface area contributed by atoms with Gasteiger partial charge in [0.25, 0.3) is 0 Å². The van der Waals surface area contributed by atoms with E-state index in [1.165, 1.54) is 5.70 Å². The Hall–Kier alpha value is -1.62. The Morgan fingerprint density at radius 3 is 2.89 bits per heavy atom. The number of hydrogen-bond acceptors (Lipinski definition) is 3. The van der Waals surface area contributed by atoms with E-state index in [2.05, 4.69) is 59.7 Å². The molecule has 2 aromatic heterocycles. The first-order valence-electron chi connectivity index (χ1n) is 6.45. The number of allylic oxidation sites excluding steroid dienone is 3. The maximum Gasteiger partial charge on any atom is 0.177 e. The molecule has 2 aromatic rings. The van der Waals surface area contributed by atoms with Crippen molar-refractivity contribution in [2.24, 2.45) is 0 Å². The zero-order valence-electron chi connectivity index (χ0n) is 10.4. The average Bonchev–Trinajstić information content (AvgIpc) is 2.54. The van der Waals surface area contributed by atoms with Gasteiger partial charge in [-0.3, -0.25) is 0 Å². The van der Waals surface area contributed by atoms with Crippen LogP contribution in [0, 0.1) is 0 Å². The quantitative estimate of drug-likeness (QED) is 0.810. The fraction of sp³-hybridized carbons (Fsp3) is 0.286. The summed E-state index contributed by atoms with van der Waals surface area (Å²) in [5, 5.41) is 0. The maximum atomic E-state index is 4.66. The van der Waals surface area contributed by atoms with Crippen LogP contribution in [0.1, 0.15) is 5.82 Å². The van der Waals surface area contributed by atoms with Gasteiger partial charge in [0.2, 0.25) is 0 Å². The van der Waals surface area contributed by atoms with Crippen molar-refractivity contribution in [1.82, 2.24) is 19.4 Å².